The van der Waals surface area contributed by atoms with Gasteiger partial charge in [-0.3, -0.25) is 0 Å². The zero-order chi connectivity index (χ0) is 77.5. The fourth-order valence-corrected chi connectivity index (χ4v) is 24.5. The van der Waals surface area contributed by atoms with E-state index in [4.69, 9.17) is 19.4 Å². The fraction of sp³-hybridized carbons (Fsp3) is 0.0278. The molecular weight excluding hydrogens is 1510 g/mol. The molecule has 119 heavy (non-hydrogen) atoms. The highest BCUT2D eigenvalue weighted by Crippen LogP contribution is 2.55. The van der Waals surface area contributed by atoms with Crippen molar-refractivity contribution in [1.82, 2.24) is 33.2 Å². The van der Waals surface area contributed by atoms with Crippen molar-refractivity contribution in [2.75, 3.05) is 0 Å². The van der Waals surface area contributed by atoms with Gasteiger partial charge in [0.1, 0.15) is 25.7 Å². The molecule has 11 aromatic heterocycles. The Morgan fingerprint density at radius 3 is 1.36 bits per heavy atom. The van der Waals surface area contributed by atoms with Gasteiger partial charge in [-0.15, -0.1) is 34.0 Å². The molecule has 0 atom stereocenters. The molecule has 16 aromatic carbocycles. The van der Waals surface area contributed by atoms with Crippen LogP contribution in [0.1, 0.15) is 25.0 Å². The summed E-state index contributed by atoms with van der Waals surface area (Å²) in [6.45, 7) is 4.78. The summed E-state index contributed by atoms with van der Waals surface area (Å²) in [6, 6.07) is 124. The summed E-state index contributed by atoms with van der Waals surface area (Å²) in [4.78, 5) is 20.0. The van der Waals surface area contributed by atoms with Crippen LogP contribution in [0.25, 0.3) is 259 Å². The second-order valence-electron chi connectivity index (χ2n) is 32.8. The molecule has 0 aliphatic heterocycles. The lowest BCUT2D eigenvalue weighted by Gasteiger charge is -2.22. The van der Waals surface area contributed by atoms with Crippen molar-refractivity contribution in [3.05, 3.63) is 345 Å². The Hall–Kier alpha value is -14.6. The Bertz CT molecular complexity index is 9320. The van der Waals surface area contributed by atoms with E-state index in [0.717, 1.165) is 178 Å². The lowest BCUT2D eigenvalue weighted by molar-refractivity contribution is 0.661. The molecule has 0 fully saturated rings. The monoisotopic (exact) mass is 1570 g/mol. The first-order valence-electron chi connectivity index (χ1n) is 40.6. The summed E-state index contributed by atoms with van der Waals surface area (Å²) in [5.74, 6) is 0. The number of fused-ring (bicyclic) bond motifs is 32. The average Bonchev–Trinajstić information content (AvgIpc) is 1.47. The zero-order valence-electron chi connectivity index (χ0n) is 64.0. The van der Waals surface area contributed by atoms with E-state index in [0.29, 0.717) is 0 Å². The minimum absolute atomic E-state index is 0.193. The first kappa shape index (κ1) is 64.7. The molecule has 0 bridgehead atoms. The van der Waals surface area contributed by atoms with Crippen molar-refractivity contribution in [2.24, 2.45) is 0 Å². The van der Waals surface area contributed by atoms with Gasteiger partial charge in [0.05, 0.1) is 83.1 Å². The number of aromatic nitrogens is 7. The molecule has 1 aliphatic rings. The molecule has 28 rings (SSSR count). The first-order valence-corrected chi connectivity index (χ1v) is 43.1. The van der Waals surface area contributed by atoms with Crippen molar-refractivity contribution in [1.29, 1.82) is 0 Å². The van der Waals surface area contributed by atoms with Crippen LogP contribution in [-0.2, 0) is 5.41 Å². The van der Waals surface area contributed by atoms with Gasteiger partial charge < -0.3 is 22.7 Å². The molecule has 8 nitrogen and oxygen atoms in total. The first-order chi connectivity index (χ1) is 58.8. The molecule has 11 heteroatoms. The molecule has 27 aromatic rings. The highest BCUT2D eigenvalue weighted by atomic mass is 32.1. The number of nitrogens with zero attached hydrogens (tertiary/aromatic N) is 7. The van der Waals surface area contributed by atoms with Gasteiger partial charge in [-0.25, -0.2) is 15.0 Å². The van der Waals surface area contributed by atoms with E-state index in [1.165, 1.54) is 92.1 Å². The number of benzene rings is 16. The van der Waals surface area contributed by atoms with Crippen LogP contribution in [0.4, 0.5) is 0 Å². The Morgan fingerprint density at radius 1 is 0.261 bits per heavy atom. The quantitative estimate of drug-likeness (QED) is 0.166. The molecule has 552 valence electrons. The van der Waals surface area contributed by atoms with E-state index < -0.39 is 0 Å². The van der Waals surface area contributed by atoms with E-state index in [1.54, 1.807) is 34.0 Å². The smallest absolute Gasteiger partial charge is 0.145 e. The second-order valence-corrected chi connectivity index (χ2v) is 35.8. The SMILES string of the molecule is CC1(C)c2ccccc2-c2cc3c4ccccc4n(-c4c5cc(-c6ccc7c(c6)sc6nc8ccc(-c9ccc%10c(c9)sc9nc%11ccccc%11c(-n%11c%12ccccc%12c%12ccc%13c%14ccccc%14n(-c%14ccccc%14)c%13c%12%11)c9%10)cc8c(-n8c9ccccc9c9c%10oc%11ccccc%11c%10ccc98)c67)ccc5nc5sc6ccccc6c45)c3cc21. The number of furan rings is 1. The predicted molar refractivity (Wildman–Crippen MR) is 504 cm³/mol. The van der Waals surface area contributed by atoms with Gasteiger partial charge in [-0.1, -0.05) is 232 Å². The summed E-state index contributed by atoms with van der Waals surface area (Å²) < 4.78 is 20.7. The van der Waals surface area contributed by atoms with Crippen LogP contribution in [0.3, 0.4) is 0 Å². The lowest BCUT2D eigenvalue weighted by Crippen LogP contribution is -2.15. The molecule has 0 unspecified atom stereocenters. The Labute approximate surface area is 689 Å². The number of pyridine rings is 3. The molecule has 1 aliphatic carbocycles. The third-order valence-electron chi connectivity index (χ3n) is 26.3. The second kappa shape index (κ2) is 23.4. The molecule has 0 spiro atoms. The maximum Gasteiger partial charge on any atom is 0.145 e. The highest BCUT2D eigenvalue weighted by molar-refractivity contribution is 7.26. The summed E-state index contributed by atoms with van der Waals surface area (Å²) in [7, 11) is 0. The van der Waals surface area contributed by atoms with E-state index in [1.807, 2.05) is 0 Å². The Kier molecular flexibility index (Phi) is 12.7. The number of para-hydroxylation sites is 7. The maximum atomic E-state index is 7.01. The van der Waals surface area contributed by atoms with Crippen molar-refractivity contribution in [3.8, 4) is 56.1 Å². The summed E-state index contributed by atoms with van der Waals surface area (Å²) in [5, 5.41) is 21.9. The molecular formula is C108H61N7OS3. The largest absolute Gasteiger partial charge is 0.455 e. The molecule has 0 N–H and O–H groups in total. The third-order valence-corrected chi connectivity index (χ3v) is 29.5. The van der Waals surface area contributed by atoms with Gasteiger partial charge in [-0.2, -0.15) is 0 Å². The minimum Gasteiger partial charge on any atom is -0.455 e. The van der Waals surface area contributed by atoms with Crippen LogP contribution in [0.15, 0.2) is 338 Å². The van der Waals surface area contributed by atoms with E-state index in [2.05, 4.69) is 366 Å². The number of hydrogen-bond acceptors (Lipinski definition) is 7. The van der Waals surface area contributed by atoms with Crippen molar-refractivity contribution in [2.45, 2.75) is 19.3 Å². The molecule has 11 heterocycles. The predicted octanol–water partition coefficient (Wildman–Crippen LogP) is 30.4. The van der Waals surface area contributed by atoms with Crippen molar-refractivity contribution in [3.63, 3.8) is 0 Å². The van der Waals surface area contributed by atoms with Crippen LogP contribution in [0.2, 0.25) is 0 Å². The summed E-state index contributed by atoms with van der Waals surface area (Å²) in [5.41, 5.74) is 27.9. The fourth-order valence-electron chi connectivity index (χ4n) is 21.1. The molecule has 0 saturated carbocycles. The molecule has 0 saturated heterocycles. The van der Waals surface area contributed by atoms with Crippen molar-refractivity contribution >= 4 is 237 Å². The zero-order valence-corrected chi connectivity index (χ0v) is 66.5. The van der Waals surface area contributed by atoms with Crippen molar-refractivity contribution < 1.29 is 4.42 Å². The van der Waals surface area contributed by atoms with Crippen LogP contribution in [-0.4, -0.2) is 33.2 Å². The Morgan fingerprint density at radius 2 is 0.706 bits per heavy atom. The molecule has 0 amide bonds. The van der Waals surface area contributed by atoms with Crippen LogP contribution < -0.4 is 0 Å². The summed E-state index contributed by atoms with van der Waals surface area (Å²) in [6.07, 6.45) is 0. The number of thiophene rings is 3. The average molecular weight is 1570 g/mol. The molecule has 0 radical (unpaired) electrons. The topological polar surface area (TPSA) is 71.5 Å². The third kappa shape index (κ3) is 8.61. The Balaban J connectivity index is 0.664. The lowest BCUT2D eigenvalue weighted by atomic mass is 9.82. The van der Waals surface area contributed by atoms with Gasteiger partial charge >= 0.3 is 0 Å². The van der Waals surface area contributed by atoms with E-state index in [-0.39, 0.29) is 5.41 Å². The maximum absolute atomic E-state index is 7.01. The van der Waals surface area contributed by atoms with E-state index in [9.17, 15) is 0 Å². The van der Waals surface area contributed by atoms with Gasteiger partial charge in [0.25, 0.3) is 0 Å². The van der Waals surface area contributed by atoms with Crippen LogP contribution in [0, 0.1) is 0 Å². The summed E-state index contributed by atoms with van der Waals surface area (Å²) >= 11 is 5.32. The van der Waals surface area contributed by atoms with Gasteiger partial charge in [0, 0.05) is 122 Å². The normalized spacial score (nSPS) is 13.2. The number of hydrogen-bond donors (Lipinski definition) is 0. The van der Waals surface area contributed by atoms with E-state index >= 15 is 0 Å². The van der Waals surface area contributed by atoms with Gasteiger partial charge in [0.15, 0.2) is 0 Å². The minimum atomic E-state index is -0.193. The highest BCUT2D eigenvalue weighted by Gasteiger charge is 2.37. The van der Waals surface area contributed by atoms with Crippen LogP contribution >= 0.6 is 34.0 Å². The standard InChI is InChI=1S/C108H61N7OS3/c1-108(2)80-32-14-6-24-63(80)76-56-77-66-27-10-17-35-86(66)114(90(77)57-81(76)108)101-79-53-59(43-50-84(79)110-105-96(101)73-31-13-21-39-92(73)117-105)61-41-45-75-94(55-61)119-107-98(75)100(113-88-37-19-11-30-72(88)95-89(113)51-48-70-67-28-12-20-38-91(67)116-104(70)95)78-52-58(42-49-83(78)111-107)60-40-44-74-93(54-60)118-106-97(74)99(71-29-7-15-33-82(71)109-106)115-87-36-18-9-26-65(87)69-47-46-68-64-25-8-16-34-85(64)112(102(68)103(69)115)62-22-4-3-5-23-62/h3-57H,1-2H3. The van der Waals surface area contributed by atoms with Gasteiger partial charge in [-0.05, 0) is 160 Å². The van der Waals surface area contributed by atoms with Gasteiger partial charge in [0.2, 0.25) is 0 Å². The number of rotatable bonds is 6. The van der Waals surface area contributed by atoms with Crippen LogP contribution in [0.5, 0.6) is 0 Å².